The van der Waals surface area contributed by atoms with Gasteiger partial charge in [-0.2, -0.15) is 0 Å². The number of rotatable bonds is 9. The van der Waals surface area contributed by atoms with Gasteiger partial charge in [0.2, 0.25) is 0 Å². The van der Waals surface area contributed by atoms with E-state index in [0.717, 1.165) is 12.6 Å². The summed E-state index contributed by atoms with van der Waals surface area (Å²) in [6, 6.07) is 0. The van der Waals surface area contributed by atoms with Crippen molar-refractivity contribution < 1.29 is 13.5 Å². The van der Waals surface area contributed by atoms with Gasteiger partial charge in [-0.05, 0) is 19.8 Å². The van der Waals surface area contributed by atoms with Gasteiger partial charge in [0.1, 0.15) is 11.0 Å². The van der Waals surface area contributed by atoms with E-state index in [1.807, 2.05) is 6.92 Å². The number of hydrogen-bond donors (Lipinski definition) is 1. The van der Waals surface area contributed by atoms with Crippen LogP contribution in [0, 0.1) is 0 Å². The number of hydrogen-bond acceptors (Lipinski definition) is 5. The molecule has 0 aliphatic heterocycles. The zero-order chi connectivity index (χ0) is 16.5. The third kappa shape index (κ3) is 7.04. The molecule has 0 saturated heterocycles. The molecule has 0 aliphatic carbocycles. The van der Waals surface area contributed by atoms with Crippen molar-refractivity contribution >= 4 is 21.8 Å². The molecule has 1 N–H and O–H groups in total. The molecule has 5 nitrogen and oxygen atoms in total. The molecule has 0 aromatic heterocycles. The van der Waals surface area contributed by atoms with Crippen molar-refractivity contribution in [1.29, 1.82) is 0 Å². The third-order valence-corrected chi connectivity index (χ3v) is 4.91. The molecule has 21 heavy (non-hydrogen) atoms. The summed E-state index contributed by atoms with van der Waals surface area (Å²) < 4.78 is 24.4. The molecule has 0 aliphatic rings. The summed E-state index contributed by atoms with van der Waals surface area (Å²) in [5.41, 5.74) is 0.462. The summed E-state index contributed by atoms with van der Waals surface area (Å²) in [7, 11) is -3.31. The maximum Gasteiger partial charge on any atom is 0.158 e. The second-order valence-corrected chi connectivity index (χ2v) is 6.95. The SMILES string of the molecule is C=C(O)C=NC(=C)C(=N/C=C\CC)C(C)S(=O)(=O)CCC. The lowest BCUT2D eigenvalue weighted by atomic mass is 10.2. The third-order valence-electron chi connectivity index (χ3n) is 2.63. The van der Waals surface area contributed by atoms with Crippen LogP contribution in [0.5, 0.6) is 0 Å². The molecule has 0 radical (unpaired) electrons. The summed E-state index contributed by atoms with van der Waals surface area (Å²) in [5.74, 6) is -0.155. The van der Waals surface area contributed by atoms with Gasteiger partial charge in [0.05, 0.1) is 23.4 Å². The Morgan fingerprint density at radius 1 is 1.33 bits per heavy atom. The fourth-order valence-electron chi connectivity index (χ4n) is 1.50. The molecule has 118 valence electrons. The summed E-state index contributed by atoms with van der Waals surface area (Å²) in [4.78, 5) is 8.07. The number of aliphatic imine (C=N–C) groups is 2. The quantitative estimate of drug-likeness (QED) is 0.524. The Labute approximate surface area is 127 Å². The zero-order valence-electron chi connectivity index (χ0n) is 12.9. The van der Waals surface area contributed by atoms with Crippen LogP contribution in [0.4, 0.5) is 0 Å². The van der Waals surface area contributed by atoms with Gasteiger partial charge < -0.3 is 5.11 Å². The lowest BCUT2D eigenvalue weighted by molar-refractivity contribution is 0.449. The van der Waals surface area contributed by atoms with Crippen LogP contribution in [0.25, 0.3) is 0 Å². The first-order valence-corrected chi connectivity index (χ1v) is 8.53. The second-order valence-electron chi connectivity index (χ2n) is 4.51. The van der Waals surface area contributed by atoms with Crippen LogP contribution in [0.3, 0.4) is 0 Å². The minimum absolute atomic E-state index is 0.0778. The van der Waals surface area contributed by atoms with Gasteiger partial charge in [-0.25, -0.2) is 8.42 Å². The van der Waals surface area contributed by atoms with E-state index in [0.29, 0.717) is 6.42 Å². The molecule has 1 atom stereocenters. The van der Waals surface area contributed by atoms with Gasteiger partial charge in [-0.15, -0.1) is 0 Å². The van der Waals surface area contributed by atoms with E-state index in [4.69, 9.17) is 5.11 Å². The lowest BCUT2D eigenvalue weighted by Gasteiger charge is -2.14. The first-order chi connectivity index (χ1) is 9.76. The van der Waals surface area contributed by atoms with Crippen LogP contribution in [0.2, 0.25) is 0 Å². The van der Waals surface area contributed by atoms with E-state index < -0.39 is 15.1 Å². The Bertz CT molecular complexity index is 557. The molecule has 0 saturated carbocycles. The number of aliphatic hydroxyl groups excluding tert-OH is 1. The topological polar surface area (TPSA) is 79.1 Å². The maximum atomic E-state index is 12.2. The van der Waals surface area contributed by atoms with Crippen molar-refractivity contribution in [3.8, 4) is 0 Å². The summed E-state index contributed by atoms with van der Waals surface area (Å²) in [5, 5.41) is 8.21. The Balaban J connectivity index is 5.53. The Morgan fingerprint density at radius 2 is 1.95 bits per heavy atom. The van der Waals surface area contributed by atoms with E-state index >= 15 is 0 Å². The molecule has 0 rings (SSSR count). The lowest BCUT2D eigenvalue weighted by Crippen LogP contribution is -2.30. The summed E-state index contributed by atoms with van der Waals surface area (Å²) in [6.07, 6.45) is 5.79. The minimum atomic E-state index is -3.31. The number of sulfone groups is 1. The van der Waals surface area contributed by atoms with Gasteiger partial charge in [0.15, 0.2) is 9.84 Å². The van der Waals surface area contributed by atoms with Crippen LogP contribution in [-0.2, 0) is 9.84 Å². The summed E-state index contributed by atoms with van der Waals surface area (Å²) >= 11 is 0. The highest BCUT2D eigenvalue weighted by Crippen LogP contribution is 2.13. The molecule has 0 heterocycles. The molecule has 0 amide bonds. The van der Waals surface area contributed by atoms with Crippen LogP contribution in [0.1, 0.15) is 33.6 Å². The van der Waals surface area contributed by atoms with E-state index in [2.05, 4.69) is 23.1 Å². The fourth-order valence-corrected chi connectivity index (χ4v) is 2.96. The van der Waals surface area contributed by atoms with Crippen LogP contribution < -0.4 is 0 Å². The summed E-state index contributed by atoms with van der Waals surface area (Å²) in [6.45, 7) is 12.3. The number of aliphatic hydroxyl groups is 1. The first kappa shape index (κ1) is 19.3. The van der Waals surface area contributed by atoms with Gasteiger partial charge in [0.25, 0.3) is 0 Å². The number of nitrogens with zero attached hydrogens (tertiary/aromatic N) is 2. The van der Waals surface area contributed by atoms with Crippen molar-refractivity contribution in [2.24, 2.45) is 9.98 Å². The largest absolute Gasteiger partial charge is 0.507 e. The smallest absolute Gasteiger partial charge is 0.158 e. The average Bonchev–Trinajstić information content (AvgIpc) is 2.40. The van der Waals surface area contributed by atoms with E-state index in [-0.39, 0.29) is 22.9 Å². The molecular weight excluding hydrogens is 288 g/mol. The molecular formula is C15H24N2O3S. The number of allylic oxidation sites excluding steroid dienone is 3. The highest BCUT2D eigenvalue weighted by atomic mass is 32.2. The Morgan fingerprint density at radius 3 is 2.43 bits per heavy atom. The molecule has 0 aromatic rings. The van der Waals surface area contributed by atoms with Crippen LogP contribution >= 0.6 is 0 Å². The Hall–Kier alpha value is -1.69. The highest BCUT2D eigenvalue weighted by Gasteiger charge is 2.26. The molecule has 6 heteroatoms. The van der Waals surface area contributed by atoms with E-state index in [1.165, 1.54) is 0 Å². The van der Waals surface area contributed by atoms with Crippen molar-refractivity contribution in [1.82, 2.24) is 0 Å². The normalized spacial score (nSPS) is 14.7. The zero-order valence-corrected chi connectivity index (χ0v) is 13.7. The van der Waals surface area contributed by atoms with Crippen molar-refractivity contribution in [3.05, 3.63) is 36.9 Å². The van der Waals surface area contributed by atoms with E-state index in [9.17, 15) is 8.42 Å². The van der Waals surface area contributed by atoms with Crippen molar-refractivity contribution in [2.75, 3.05) is 5.75 Å². The highest BCUT2D eigenvalue weighted by molar-refractivity contribution is 7.92. The van der Waals surface area contributed by atoms with Crippen LogP contribution in [-0.4, -0.2) is 36.5 Å². The van der Waals surface area contributed by atoms with Gasteiger partial charge in [-0.3, -0.25) is 9.98 Å². The molecule has 0 aromatic carbocycles. The van der Waals surface area contributed by atoms with Crippen LogP contribution in [0.15, 0.2) is 46.9 Å². The van der Waals surface area contributed by atoms with Gasteiger partial charge in [0, 0.05) is 6.20 Å². The average molecular weight is 312 g/mol. The van der Waals surface area contributed by atoms with Gasteiger partial charge in [-0.1, -0.05) is 33.1 Å². The molecule has 0 fully saturated rings. The first-order valence-electron chi connectivity index (χ1n) is 6.81. The standard InChI is InChI=1S/C15H24N2O3S/c1-6-8-9-16-15(13(4)17-11-12(3)18)14(5)21(19,20)10-7-2/h8-9,11,14,18H,3-4,6-7,10H2,1-2,5H3/b9-8-,16-15?,17-11?. The molecule has 0 spiro atoms. The monoisotopic (exact) mass is 312 g/mol. The van der Waals surface area contributed by atoms with E-state index in [1.54, 1.807) is 26.1 Å². The molecule has 0 bridgehead atoms. The van der Waals surface area contributed by atoms with Crippen molar-refractivity contribution in [2.45, 2.75) is 38.9 Å². The molecule has 1 unspecified atom stereocenters. The predicted octanol–water partition coefficient (Wildman–Crippen LogP) is 3.22. The predicted molar refractivity (Wildman–Crippen MR) is 89.8 cm³/mol. The fraction of sp³-hybridized carbons (Fsp3) is 0.467. The Kier molecular flexibility index (Phi) is 8.54. The maximum absolute atomic E-state index is 12.2. The van der Waals surface area contributed by atoms with Crippen molar-refractivity contribution in [3.63, 3.8) is 0 Å². The minimum Gasteiger partial charge on any atom is -0.507 e. The van der Waals surface area contributed by atoms with Gasteiger partial charge >= 0.3 is 0 Å². The second kappa shape index (κ2) is 9.28.